The highest BCUT2D eigenvalue weighted by Crippen LogP contribution is 2.32. The lowest BCUT2D eigenvalue weighted by atomic mass is 10.1. The molecule has 5 amide bonds. The van der Waals surface area contributed by atoms with Crippen molar-refractivity contribution in [1.29, 1.82) is 0 Å². The molecule has 0 aliphatic rings. The van der Waals surface area contributed by atoms with Gasteiger partial charge in [-0.15, -0.1) is 12.8 Å². The van der Waals surface area contributed by atoms with E-state index in [1.807, 2.05) is 159 Å². The van der Waals surface area contributed by atoms with Crippen LogP contribution in [0.2, 0.25) is 5.15 Å². The van der Waals surface area contributed by atoms with E-state index in [2.05, 4.69) is 113 Å². The zero-order valence-electron chi connectivity index (χ0n) is 69.2. The first-order valence-electron chi connectivity index (χ1n) is 38.6. The van der Waals surface area contributed by atoms with Crippen molar-refractivity contribution in [2.75, 3.05) is 85.3 Å². The minimum absolute atomic E-state index is 0.159. The lowest BCUT2D eigenvalue weighted by Crippen LogP contribution is -2.17. The number of pyridine rings is 5. The summed E-state index contributed by atoms with van der Waals surface area (Å²) in [5.74, 6) is 4.30. The van der Waals surface area contributed by atoms with E-state index in [0.717, 1.165) is 80.1 Å². The SMILES string of the molecule is C#Cc1cccc(C(=O)Nc2cc(N(C)c3cncnc3)cc(Cl)n2)c1.C#Cc1cccc(C(=O)Nc2cncc(N(CC)c3cncnc3)c2)c1.CCN(c1cncnc1)c1cncc(NC(=O)c2cccc(C)c2)c1.Cc1cccc(C(=O)Nc2cncc(N(C)c3cncnc3)c2)c1.Cc1cccc(C(=O)Nc2cncc(N(C)c3cncnc3)c2)c1. The molecule has 0 saturated carbocycles. The number of hydrogen-bond acceptors (Lipinski definition) is 25. The van der Waals surface area contributed by atoms with E-state index in [1.54, 1.807) is 190 Å². The average molecular weight is 1680 g/mol. The molecular weight excluding hydrogens is 1590 g/mol. The largest absolute Gasteiger partial charge is 0.342 e. The number of terminal acetylenes is 2. The first kappa shape index (κ1) is 88.8. The Bertz CT molecular complexity index is 6120. The number of halogens is 1. The van der Waals surface area contributed by atoms with Crippen molar-refractivity contribution >= 4 is 127 Å². The van der Waals surface area contributed by atoms with Crippen LogP contribution < -0.4 is 51.1 Å². The molecule has 10 aromatic heterocycles. The predicted molar refractivity (Wildman–Crippen MR) is 488 cm³/mol. The second kappa shape index (κ2) is 44.7. The third-order valence-corrected chi connectivity index (χ3v) is 18.5. The molecule has 15 aromatic rings. The van der Waals surface area contributed by atoms with E-state index < -0.39 is 0 Å². The number of nitrogens with one attached hydrogen (secondary N) is 5. The lowest BCUT2D eigenvalue weighted by molar-refractivity contribution is 0.101. The van der Waals surface area contributed by atoms with Gasteiger partial charge in [-0.2, -0.15) is 0 Å². The summed E-state index contributed by atoms with van der Waals surface area (Å²) in [4.78, 5) is 133. The van der Waals surface area contributed by atoms with Crippen molar-refractivity contribution in [1.82, 2.24) is 74.8 Å². The van der Waals surface area contributed by atoms with Crippen LogP contribution in [0.3, 0.4) is 0 Å². The van der Waals surface area contributed by atoms with Crippen LogP contribution >= 0.6 is 11.6 Å². The van der Waals surface area contributed by atoms with Crippen LogP contribution in [-0.4, -0.2) is 139 Å². The Kier molecular flexibility index (Phi) is 31.8. The molecule has 31 heteroatoms. The van der Waals surface area contributed by atoms with Gasteiger partial charge >= 0.3 is 0 Å². The van der Waals surface area contributed by atoms with E-state index in [0.29, 0.717) is 74.1 Å². The molecule has 0 aliphatic carbocycles. The molecule has 0 unspecified atom stereocenters. The lowest BCUT2D eigenvalue weighted by Gasteiger charge is -2.22. The Morgan fingerprint density at radius 3 is 0.872 bits per heavy atom. The smallest absolute Gasteiger partial charge is 0.256 e. The Labute approximate surface area is 727 Å². The first-order chi connectivity index (χ1) is 60.7. The van der Waals surface area contributed by atoms with Crippen LogP contribution in [0.25, 0.3) is 0 Å². The molecule has 5 aromatic carbocycles. The average Bonchev–Trinajstić information content (AvgIpc) is 0.835. The number of aryl methyl sites for hydroxylation is 3. The molecule has 0 fully saturated rings. The van der Waals surface area contributed by atoms with E-state index >= 15 is 0 Å². The molecule has 30 nitrogen and oxygen atoms in total. The van der Waals surface area contributed by atoms with Gasteiger partial charge in [-0.3, -0.25) is 43.9 Å². The van der Waals surface area contributed by atoms with Crippen LogP contribution in [0.5, 0.6) is 0 Å². The van der Waals surface area contributed by atoms with Gasteiger partial charge in [0.1, 0.15) is 42.6 Å². The van der Waals surface area contributed by atoms with E-state index in [1.165, 1.54) is 31.6 Å². The summed E-state index contributed by atoms with van der Waals surface area (Å²) in [6.07, 6.45) is 48.7. The maximum absolute atomic E-state index is 12.5. The third-order valence-electron chi connectivity index (χ3n) is 18.3. The summed E-state index contributed by atoms with van der Waals surface area (Å²) in [5, 5.41) is 14.5. The number of rotatable bonds is 22. The molecular formula is C94H84ClN25O5. The Balaban J connectivity index is 0.000000152. The molecule has 622 valence electrons. The minimum Gasteiger partial charge on any atom is -0.342 e. The number of hydrogen-bond donors (Lipinski definition) is 5. The van der Waals surface area contributed by atoms with Gasteiger partial charge in [-0.1, -0.05) is 88.7 Å². The van der Waals surface area contributed by atoms with Gasteiger partial charge in [0, 0.05) is 84.9 Å². The topological polar surface area (TPSA) is 355 Å². The van der Waals surface area contributed by atoms with Crippen LogP contribution in [0.15, 0.2) is 301 Å². The number of aromatic nitrogens is 15. The maximum Gasteiger partial charge on any atom is 0.256 e. The summed E-state index contributed by atoms with van der Waals surface area (Å²) in [6.45, 7) is 11.3. The highest BCUT2D eigenvalue weighted by Gasteiger charge is 2.18. The molecule has 0 spiro atoms. The summed E-state index contributed by atoms with van der Waals surface area (Å²) < 4.78 is 0. The number of amides is 5. The number of nitrogens with zero attached hydrogens (tertiary/aromatic N) is 20. The zero-order chi connectivity index (χ0) is 88.4. The number of carbonyl (C=O) groups excluding carboxylic acids is 5. The number of benzene rings is 5. The fourth-order valence-corrected chi connectivity index (χ4v) is 12.2. The molecule has 5 N–H and O–H groups in total. The summed E-state index contributed by atoms with van der Waals surface area (Å²) in [7, 11) is 5.62. The Hall–Kier alpha value is -17.0. The molecule has 125 heavy (non-hydrogen) atoms. The Morgan fingerprint density at radius 2 is 0.568 bits per heavy atom. The molecule has 0 radical (unpaired) electrons. The van der Waals surface area contributed by atoms with Gasteiger partial charge in [-0.05, 0) is 138 Å². The number of carbonyl (C=O) groups is 5. The Morgan fingerprint density at radius 1 is 0.304 bits per heavy atom. The van der Waals surface area contributed by atoms with Crippen molar-refractivity contribution in [2.45, 2.75) is 34.6 Å². The molecule has 15 rings (SSSR count). The van der Waals surface area contributed by atoms with Crippen molar-refractivity contribution in [3.8, 4) is 24.7 Å². The van der Waals surface area contributed by atoms with Gasteiger partial charge in [-0.25, -0.2) is 54.8 Å². The van der Waals surface area contributed by atoms with Crippen LogP contribution in [0.1, 0.15) is 93.5 Å². The highest BCUT2D eigenvalue weighted by atomic mass is 35.5. The molecule has 0 aliphatic heterocycles. The molecule has 0 saturated heterocycles. The first-order valence-corrected chi connectivity index (χ1v) is 39.0. The maximum atomic E-state index is 12.5. The fraction of sp³-hybridized carbons (Fsp3) is 0.106. The summed E-state index contributed by atoms with van der Waals surface area (Å²) >= 11 is 6.11. The predicted octanol–water partition coefficient (Wildman–Crippen LogP) is 16.8. The van der Waals surface area contributed by atoms with Crippen molar-refractivity contribution in [3.05, 3.63) is 362 Å². The van der Waals surface area contributed by atoms with Gasteiger partial charge in [0.2, 0.25) is 0 Å². The van der Waals surface area contributed by atoms with Gasteiger partial charge in [0.05, 0.1) is 185 Å². The number of anilines is 15. The second-order valence-corrected chi connectivity index (χ2v) is 27.6. The van der Waals surface area contributed by atoms with Crippen LogP contribution in [0, 0.1) is 45.5 Å². The monoisotopic (exact) mass is 1680 g/mol. The molecule has 10 heterocycles. The zero-order valence-corrected chi connectivity index (χ0v) is 70.0. The highest BCUT2D eigenvalue weighted by molar-refractivity contribution is 6.30. The van der Waals surface area contributed by atoms with Crippen molar-refractivity contribution < 1.29 is 24.0 Å². The van der Waals surface area contributed by atoms with Gasteiger partial charge in [0.15, 0.2) is 0 Å². The normalized spacial score (nSPS) is 10.2. The van der Waals surface area contributed by atoms with E-state index in [4.69, 9.17) is 24.4 Å². The van der Waals surface area contributed by atoms with E-state index in [-0.39, 0.29) is 34.7 Å². The van der Waals surface area contributed by atoms with Gasteiger partial charge < -0.3 is 51.1 Å². The van der Waals surface area contributed by atoms with E-state index in [9.17, 15) is 24.0 Å². The molecule has 0 bridgehead atoms. The summed E-state index contributed by atoms with van der Waals surface area (Å²) in [5.41, 5.74) is 17.9. The van der Waals surface area contributed by atoms with Gasteiger partial charge in [0.25, 0.3) is 29.5 Å². The van der Waals surface area contributed by atoms with Crippen molar-refractivity contribution in [3.63, 3.8) is 0 Å². The van der Waals surface area contributed by atoms with Crippen molar-refractivity contribution in [2.24, 2.45) is 0 Å². The standard InChI is InChI=1S/C20H17N5O.C19H14ClN5O.C19H19N5O.2C18H17N5O/c1-3-15-6-5-7-16(8-15)20(26)24-17-9-18(11-21-10-17)25(4-2)19-12-22-14-23-13-19;1-3-13-5-4-6-14(7-13)19(26)24-18-9-15(8-17(20)23-18)25(2)16-10-21-12-22-11-16;1-3-24(18-11-21-13-22-12-18)17-8-16(9-20-10-17)23-19(25)15-6-4-5-14(2)7-15;2*1-13-4-3-5-14(6-13)18(24)22-15-7-16(9-19-8-15)23(2)17-10-20-12-21-11-17/h1,5-14H,4H2,2H3,(H,24,26);1,4-12H,2H3,(H,23,24,26);4-13H,3H2,1-2H3,(H,23,25);2*3-12H,1-2H3,(H,22,24). The fourth-order valence-electron chi connectivity index (χ4n) is 12.0. The molecule has 0 atom stereocenters. The summed E-state index contributed by atoms with van der Waals surface area (Å²) in [6, 6.07) is 46.9. The minimum atomic E-state index is -0.325. The quantitative estimate of drug-likeness (QED) is 0.0311. The van der Waals surface area contributed by atoms with Crippen LogP contribution in [-0.2, 0) is 0 Å². The second-order valence-electron chi connectivity index (χ2n) is 27.2. The third kappa shape index (κ3) is 26.0. The van der Waals surface area contributed by atoms with Crippen LogP contribution in [0.4, 0.5) is 85.4 Å².